The second-order valence-corrected chi connectivity index (χ2v) is 5.48. The average molecular weight is 343 g/mol. The molecule has 0 aliphatic carbocycles. The van der Waals surface area contributed by atoms with Gasteiger partial charge in [0, 0.05) is 32.8 Å². The lowest BCUT2D eigenvalue weighted by Gasteiger charge is -2.05. The Balaban J connectivity index is 0.00000400. The van der Waals surface area contributed by atoms with Crippen LogP contribution in [-0.2, 0) is 19.5 Å². The molecule has 0 amide bonds. The molecule has 21 heavy (non-hydrogen) atoms. The van der Waals surface area contributed by atoms with Gasteiger partial charge in [-0.3, -0.25) is 0 Å². The first-order valence-electron chi connectivity index (χ1n) is 5.87. The van der Waals surface area contributed by atoms with Gasteiger partial charge >= 0.3 is 5.97 Å². The number of hydrogen-bond donors (Lipinski definition) is 2. The average Bonchev–Trinajstić information content (AvgIpc) is 2.92. The molecule has 0 spiro atoms. The lowest BCUT2D eigenvalue weighted by molar-refractivity contribution is 0.0600. The van der Waals surface area contributed by atoms with E-state index in [1.165, 1.54) is 7.11 Å². The summed E-state index contributed by atoms with van der Waals surface area (Å²) in [5.74, 6) is -0.656. The zero-order chi connectivity index (χ0) is 15.0. The van der Waals surface area contributed by atoms with E-state index in [1.54, 1.807) is 7.11 Å². The number of rotatable bonds is 9. The van der Waals surface area contributed by atoms with Gasteiger partial charge in [-0.05, 0) is 0 Å². The summed E-state index contributed by atoms with van der Waals surface area (Å²) in [6.07, 6.45) is 1.04. The molecule has 0 saturated heterocycles. The van der Waals surface area contributed by atoms with Crippen molar-refractivity contribution >= 4 is 28.4 Å². The Morgan fingerprint density at radius 3 is 2.62 bits per heavy atom. The molecule has 0 atom stereocenters. The lowest BCUT2D eigenvalue weighted by Crippen LogP contribution is -2.32. The van der Waals surface area contributed by atoms with Crippen LogP contribution in [0.1, 0.15) is 10.4 Å². The zero-order valence-electron chi connectivity index (χ0n) is 11.7. The van der Waals surface area contributed by atoms with Crippen LogP contribution in [0, 0.1) is 0 Å². The van der Waals surface area contributed by atoms with Gasteiger partial charge in [0.25, 0.3) is 10.0 Å². The van der Waals surface area contributed by atoms with Gasteiger partial charge in [-0.2, -0.15) is 0 Å². The molecule has 10 heteroatoms. The summed E-state index contributed by atoms with van der Waals surface area (Å²) in [6.45, 7) is 1.83. The molecule has 0 fully saturated rings. The third-order valence-corrected chi connectivity index (χ3v) is 3.67. The second-order valence-electron chi connectivity index (χ2n) is 3.79. The highest BCUT2D eigenvalue weighted by Gasteiger charge is 2.20. The van der Waals surface area contributed by atoms with Gasteiger partial charge in [0.2, 0.25) is 5.09 Å². The number of carbonyl (C=O) groups excluding carboxylic acids is 1. The summed E-state index contributed by atoms with van der Waals surface area (Å²) < 4.78 is 40.2. The van der Waals surface area contributed by atoms with Gasteiger partial charge in [-0.15, -0.1) is 12.4 Å². The van der Waals surface area contributed by atoms with Crippen molar-refractivity contribution in [2.75, 3.05) is 40.5 Å². The van der Waals surface area contributed by atoms with E-state index < -0.39 is 16.0 Å². The monoisotopic (exact) mass is 342 g/mol. The summed E-state index contributed by atoms with van der Waals surface area (Å²) in [5, 5.41) is 2.66. The molecular formula is C11H19ClN2O6S. The van der Waals surface area contributed by atoms with E-state index in [0.29, 0.717) is 19.7 Å². The van der Waals surface area contributed by atoms with Crippen molar-refractivity contribution in [1.82, 2.24) is 10.0 Å². The fraction of sp³-hybridized carbons (Fsp3) is 0.545. The molecule has 1 rings (SSSR count). The van der Waals surface area contributed by atoms with Gasteiger partial charge < -0.3 is 19.2 Å². The Bertz CT molecular complexity index is 531. The predicted octanol–water partition coefficient (Wildman–Crippen LogP) is 0.00230. The molecule has 1 aromatic rings. The first-order valence-corrected chi connectivity index (χ1v) is 7.35. The molecular weight excluding hydrogens is 324 g/mol. The van der Waals surface area contributed by atoms with Crippen LogP contribution in [0.15, 0.2) is 21.8 Å². The Morgan fingerprint density at radius 2 is 2.00 bits per heavy atom. The van der Waals surface area contributed by atoms with Gasteiger partial charge in [0.15, 0.2) is 0 Å². The van der Waals surface area contributed by atoms with E-state index in [4.69, 9.17) is 9.15 Å². The number of hydrogen-bond acceptors (Lipinski definition) is 7. The molecule has 0 aromatic carbocycles. The van der Waals surface area contributed by atoms with Crippen LogP contribution in [0.3, 0.4) is 0 Å². The van der Waals surface area contributed by atoms with Crippen molar-refractivity contribution < 1.29 is 27.1 Å². The smallest absolute Gasteiger partial charge is 0.341 e. The summed E-state index contributed by atoms with van der Waals surface area (Å²) in [4.78, 5) is 11.2. The van der Waals surface area contributed by atoms with Crippen molar-refractivity contribution in [1.29, 1.82) is 0 Å². The zero-order valence-corrected chi connectivity index (χ0v) is 13.4. The first kappa shape index (κ1) is 19.9. The number of furan rings is 1. The normalized spacial score (nSPS) is 11.0. The maximum Gasteiger partial charge on any atom is 0.341 e. The van der Waals surface area contributed by atoms with Gasteiger partial charge in [-0.25, -0.2) is 17.9 Å². The molecule has 1 heterocycles. The van der Waals surface area contributed by atoms with Crippen molar-refractivity contribution in [3.8, 4) is 0 Å². The van der Waals surface area contributed by atoms with Crippen LogP contribution in [0.4, 0.5) is 0 Å². The maximum absolute atomic E-state index is 11.8. The molecule has 122 valence electrons. The first-order chi connectivity index (χ1) is 9.51. The molecule has 0 aliphatic rings. The highest BCUT2D eigenvalue weighted by molar-refractivity contribution is 7.89. The van der Waals surface area contributed by atoms with Crippen molar-refractivity contribution in [2.24, 2.45) is 0 Å². The Labute approximate surface area is 129 Å². The minimum absolute atomic E-state index is 0. The fourth-order valence-electron chi connectivity index (χ4n) is 1.33. The van der Waals surface area contributed by atoms with Crippen LogP contribution in [-0.4, -0.2) is 54.8 Å². The summed E-state index contributed by atoms with van der Waals surface area (Å²) in [5.41, 5.74) is 0.0473. The highest BCUT2D eigenvalue weighted by Crippen LogP contribution is 2.14. The highest BCUT2D eigenvalue weighted by atomic mass is 35.5. The molecule has 0 unspecified atom stereocenters. The van der Waals surface area contributed by atoms with E-state index in [1.807, 2.05) is 0 Å². The van der Waals surface area contributed by atoms with Crippen LogP contribution in [0.2, 0.25) is 0 Å². The van der Waals surface area contributed by atoms with Crippen LogP contribution in [0.25, 0.3) is 0 Å². The standard InChI is InChI=1S/C11H18N2O6S.ClH/c1-17-6-5-12-3-4-13-20(15,16)10-7-9(8-19-10)11(14)18-2;/h7-8,12-13H,3-6H2,1-2H3;1H. The maximum atomic E-state index is 11.8. The van der Waals surface area contributed by atoms with Crippen molar-refractivity contribution in [3.05, 3.63) is 17.9 Å². The summed E-state index contributed by atoms with van der Waals surface area (Å²) in [7, 11) is -0.984. The quantitative estimate of drug-likeness (QED) is 0.480. The third kappa shape index (κ3) is 6.44. The molecule has 2 N–H and O–H groups in total. The number of halogens is 1. The topological polar surface area (TPSA) is 107 Å². The SMILES string of the molecule is COCCNCCNS(=O)(=O)c1cc(C(=O)OC)co1.Cl. The minimum atomic E-state index is -3.77. The molecule has 0 radical (unpaired) electrons. The largest absolute Gasteiger partial charge is 0.465 e. The number of ether oxygens (including phenoxy) is 2. The van der Waals surface area contributed by atoms with Crippen molar-refractivity contribution in [3.63, 3.8) is 0 Å². The molecule has 1 aromatic heterocycles. The Hall–Kier alpha value is -1.13. The van der Waals surface area contributed by atoms with Crippen LogP contribution >= 0.6 is 12.4 Å². The predicted molar refractivity (Wildman–Crippen MR) is 77.2 cm³/mol. The van der Waals surface area contributed by atoms with E-state index in [-0.39, 0.29) is 29.6 Å². The number of sulfonamides is 1. The van der Waals surface area contributed by atoms with Gasteiger partial charge in [0.05, 0.1) is 19.3 Å². The van der Waals surface area contributed by atoms with E-state index in [2.05, 4.69) is 14.8 Å². The number of nitrogens with one attached hydrogen (secondary N) is 2. The summed E-state index contributed by atoms with van der Waals surface area (Å²) >= 11 is 0. The van der Waals surface area contributed by atoms with E-state index in [0.717, 1.165) is 12.3 Å². The Morgan fingerprint density at radius 1 is 1.29 bits per heavy atom. The third-order valence-electron chi connectivity index (χ3n) is 2.34. The molecule has 0 aliphatic heterocycles. The minimum Gasteiger partial charge on any atom is -0.465 e. The summed E-state index contributed by atoms with van der Waals surface area (Å²) in [6, 6.07) is 1.12. The molecule has 0 saturated carbocycles. The van der Waals surface area contributed by atoms with Crippen molar-refractivity contribution in [2.45, 2.75) is 5.09 Å². The van der Waals surface area contributed by atoms with Gasteiger partial charge in [0.1, 0.15) is 6.26 Å². The van der Waals surface area contributed by atoms with Gasteiger partial charge in [-0.1, -0.05) is 0 Å². The molecule has 8 nitrogen and oxygen atoms in total. The fourth-order valence-corrected chi connectivity index (χ4v) is 2.30. The Kier molecular flexibility index (Phi) is 9.22. The number of carbonyl (C=O) groups is 1. The second kappa shape index (κ2) is 9.74. The van der Waals surface area contributed by atoms with E-state index in [9.17, 15) is 13.2 Å². The lowest BCUT2D eigenvalue weighted by atomic mass is 10.3. The van der Waals surface area contributed by atoms with Crippen LogP contribution < -0.4 is 10.0 Å². The number of esters is 1. The molecule has 0 bridgehead atoms. The number of methoxy groups -OCH3 is 2. The van der Waals surface area contributed by atoms with Crippen LogP contribution in [0.5, 0.6) is 0 Å². The van der Waals surface area contributed by atoms with E-state index >= 15 is 0 Å².